The number of phenols is 1. The molecule has 29 heavy (non-hydrogen) atoms. The fourth-order valence-electron chi connectivity index (χ4n) is 2.90. The molecule has 2 N–H and O–H groups in total. The van der Waals surface area contributed by atoms with E-state index in [0.29, 0.717) is 29.9 Å². The van der Waals surface area contributed by atoms with Crippen molar-refractivity contribution in [3.8, 4) is 11.4 Å². The zero-order valence-electron chi connectivity index (χ0n) is 16.6. The van der Waals surface area contributed by atoms with Gasteiger partial charge in [0, 0.05) is 44.3 Å². The summed E-state index contributed by atoms with van der Waals surface area (Å²) in [6.45, 7) is 4.40. The Morgan fingerprint density at radius 2 is 2.00 bits per heavy atom. The third-order valence-corrected chi connectivity index (χ3v) is 4.50. The Morgan fingerprint density at radius 3 is 2.72 bits per heavy atom. The lowest BCUT2D eigenvalue weighted by molar-refractivity contribution is 0.0787. The first-order valence-electron chi connectivity index (χ1n) is 9.16. The zero-order valence-corrected chi connectivity index (χ0v) is 16.6. The summed E-state index contributed by atoms with van der Waals surface area (Å²) in [5, 5.41) is 16.6. The van der Waals surface area contributed by atoms with Gasteiger partial charge in [0.05, 0.1) is 23.0 Å². The van der Waals surface area contributed by atoms with E-state index >= 15 is 0 Å². The molecule has 2 amide bonds. The topological polar surface area (TPSA) is 100 Å². The summed E-state index contributed by atoms with van der Waals surface area (Å²) in [4.78, 5) is 30.6. The lowest BCUT2D eigenvalue weighted by Gasteiger charge is -2.17. The van der Waals surface area contributed by atoms with Crippen molar-refractivity contribution < 1.29 is 14.7 Å². The molecular formula is C21H23N5O3. The second-order valence-electron chi connectivity index (χ2n) is 6.82. The molecule has 0 bridgehead atoms. The molecule has 2 aromatic heterocycles. The zero-order chi connectivity index (χ0) is 21.0. The van der Waals surface area contributed by atoms with Crippen LogP contribution in [0.4, 0.5) is 0 Å². The highest BCUT2D eigenvalue weighted by Gasteiger charge is 2.15. The van der Waals surface area contributed by atoms with Crippen LogP contribution in [0.5, 0.6) is 5.75 Å². The van der Waals surface area contributed by atoms with Crippen LogP contribution in [0.3, 0.4) is 0 Å². The Balaban J connectivity index is 1.56. The van der Waals surface area contributed by atoms with Gasteiger partial charge in [0.2, 0.25) is 0 Å². The standard InChI is InChI=1S/C21H23N5O3/c1-14-9-15(2)23-12-19(14)20(28)22-7-8-25(3)21(29)16-11-24-26(13-16)17-5-4-6-18(27)10-17/h4-6,9-13,27H,7-8H2,1-3H3,(H,22,28). The number of hydrogen-bond acceptors (Lipinski definition) is 5. The maximum atomic E-state index is 12.6. The number of pyridine rings is 1. The number of hydrogen-bond donors (Lipinski definition) is 2. The molecule has 1 aromatic carbocycles. The Kier molecular flexibility index (Phi) is 5.92. The summed E-state index contributed by atoms with van der Waals surface area (Å²) in [6, 6.07) is 8.46. The molecule has 0 fully saturated rings. The lowest BCUT2D eigenvalue weighted by atomic mass is 10.1. The number of benzene rings is 1. The summed E-state index contributed by atoms with van der Waals surface area (Å²) < 4.78 is 1.52. The number of rotatable bonds is 6. The summed E-state index contributed by atoms with van der Waals surface area (Å²) in [5.41, 5.74) is 3.31. The van der Waals surface area contributed by atoms with Gasteiger partial charge in [0.15, 0.2) is 0 Å². The Labute approximate surface area is 168 Å². The van der Waals surface area contributed by atoms with Crippen LogP contribution in [-0.4, -0.2) is 56.7 Å². The molecule has 0 spiro atoms. The van der Waals surface area contributed by atoms with Gasteiger partial charge in [-0.05, 0) is 37.6 Å². The average Bonchev–Trinajstić information content (AvgIpc) is 3.17. The first-order valence-corrected chi connectivity index (χ1v) is 9.16. The second kappa shape index (κ2) is 8.55. The van der Waals surface area contributed by atoms with E-state index in [4.69, 9.17) is 0 Å². The highest BCUT2D eigenvalue weighted by Crippen LogP contribution is 2.15. The average molecular weight is 393 g/mol. The number of nitrogens with one attached hydrogen (secondary N) is 1. The predicted octanol–water partition coefficient (Wildman–Crippen LogP) is 2.09. The number of carbonyl (C=O) groups is 2. The Morgan fingerprint density at radius 1 is 1.21 bits per heavy atom. The Bertz CT molecular complexity index is 1040. The van der Waals surface area contributed by atoms with E-state index in [1.54, 1.807) is 43.7 Å². The largest absolute Gasteiger partial charge is 0.508 e. The number of phenolic OH excluding ortho intramolecular Hbond substituents is 1. The van der Waals surface area contributed by atoms with Crippen LogP contribution in [0.2, 0.25) is 0 Å². The van der Waals surface area contributed by atoms with Crippen LogP contribution in [0.25, 0.3) is 5.69 Å². The van der Waals surface area contributed by atoms with E-state index in [9.17, 15) is 14.7 Å². The minimum absolute atomic E-state index is 0.123. The number of carbonyl (C=O) groups excluding carboxylic acids is 2. The van der Waals surface area contributed by atoms with Crippen molar-refractivity contribution >= 4 is 11.8 Å². The molecular weight excluding hydrogens is 370 g/mol. The molecule has 8 heteroatoms. The summed E-state index contributed by atoms with van der Waals surface area (Å²) in [7, 11) is 1.67. The van der Waals surface area contributed by atoms with Gasteiger partial charge in [0.1, 0.15) is 5.75 Å². The van der Waals surface area contributed by atoms with Gasteiger partial charge in [-0.15, -0.1) is 0 Å². The molecule has 0 saturated carbocycles. The number of amides is 2. The minimum atomic E-state index is -0.215. The van der Waals surface area contributed by atoms with Gasteiger partial charge in [-0.25, -0.2) is 4.68 Å². The highest BCUT2D eigenvalue weighted by molar-refractivity contribution is 5.95. The van der Waals surface area contributed by atoms with E-state index in [2.05, 4.69) is 15.4 Å². The number of likely N-dealkylation sites (N-methyl/N-ethyl adjacent to an activating group) is 1. The number of nitrogens with zero attached hydrogens (tertiary/aromatic N) is 4. The minimum Gasteiger partial charge on any atom is -0.508 e. The van der Waals surface area contributed by atoms with Gasteiger partial charge < -0.3 is 15.3 Å². The van der Waals surface area contributed by atoms with E-state index in [-0.39, 0.29) is 17.6 Å². The molecule has 0 aliphatic heterocycles. The van der Waals surface area contributed by atoms with Crippen molar-refractivity contribution in [1.29, 1.82) is 0 Å². The van der Waals surface area contributed by atoms with E-state index in [0.717, 1.165) is 11.3 Å². The maximum absolute atomic E-state index is 12.6. The lowest BCUT2D eigenvalue weighted by Crippen LogP contribution is -2.36. The normalized spacial score (nSPS) is 10.6. The number of aromatic nitrogens is 3. The van der Waals surface area contributed by atoms with Crippen molar-refractivity contribution in [2.75, 3.05) is 20.1 Å². The molecule has 0 aliphatic carbocycles. The first-order chi connectivity index (χ1) is 13.8. The van der Waals surface area contributed by atoms with Gasteiger partial charge in [-0.3, -0.25) is 14.6 Å². The quantitative estimate of drug-likeness (QED) is 0.668. The fraction of sp³-hybridized carbons (Fsp3) is 0.238. The van der Waals surface area contributed by atoms with Crippen molar-refractivity contribution in [1.82, 2.24) is 25.0 Å². The van der Waals surface area contributed by atoms with Gasteiger partial charge in [0.25, 0.3) is 11.8 Å². The predicted molar refractivity (Wildman–Crippen MR) is 108 cm³/mol. The smallest absolute Gasteiger partial charge is 0.256 e. The molecule has 0 unspecified atom stereocenters. The van der Waals surface area contributed by atoms with Crippen LogP contribution < -0.4 is 5.32 Å². The fourth-order valence-corrected chi connectivity index (χ4v) is 2.90. The van der Waals surface area contributed by atoms with Gasteiger partial charge in [-0.1, -0.05) is 6.07 Å². The highest BCUT2D eigenvalue weighted by atomic mass is 16.3. The molecule has 8 nitrogen and oxygen atoms in total. The van der Waals surface area contributed by atoms with E-state index in [1.807, 2.05) is 19.9 Å². The molecule has 150 valence electrons. The van der Waals surface area contributed by atoms with Crippen LogP contribution in [0, 0.1) is 13.8 Å². The Hall–Kier alpha value is -3.68. The summed E-state index contributed by atoms with van der Waals surface area (Å²) in [5.74, 6) is -0.302. The van der Waals surface area contributed by atoms with Crippen LogP contribution in [0.15, 0.2) is 48.9 Å². The van der Waals surface area contributed by atoms with Crippen molar-refractivity contribution in [2.45, 2.75) is 13.8 Å². The van der Waals surface area contributed by atoms with E-state index < -0.39 is 0 Å². The van der Waals surface area contributed by atoms with Crippen LogP contribution in [0.1, 0.15) is 32.0 Å². The van der Waals surface area contributed by atoms with Crippen LogP contribution in [-0.2, 0) is 0 Å². The van der Waals surface area contributed by atoms with E-state index in [1.165, 1.54) is 15.8 Å². The maximum Gasteiger partial charge on any atom is 0.256 e. The van der Waals surface area contributed by atoms with Crippen molar-refractivity contribution in [2.24, 2.45) is 0 Å². The van der Waals surface area contributed by atoms with Crippen molar-refractivity contribution in [3.05, 3.63) is 71.3 Å². The molecule has 0 saturated heterocycles. The number of aryl methyl sites for hydroxylation is 2. The second-order valence-corrected chi connectivity index (χ2v) is 6.82. The molecule has 0 atom stereocenters. The molecule has 3 aromatic rings. The van der Waals surface area contributed by atoms with Crippen molar-refractivity contribution in [3.63, 3.8) is 0 Å². The summed E-state index contributed by atoms with van der Waals surface area (Å²) >= 11 is 0. The third kappa shape index (κ3) is 4.78. The van der Waals surface area contributed by atoms with Gasteiger partial charge >= 0.3 is 0 Å². The monoisotopic (exact) mass is 393 g/mol. The SMILES string of the molecule is Cc1cc(C)c(C(=O)NCCN(C)C(=O)c2cnn(-c3cccc(O)c3)c2)cn1. The third-order valence-electron chi connectivity index (χ3n) is 4.50. The molecule has 2 heterocycles. The first kappa shape index (κ1) is 20.1. The van der Waals surface area contributed by atoms with Gasteiger partial charge in [-0.2, -0.15) is 5.10 Å². The molecule has 0 aliphatic rings. The molecule has 3 rings (SSSR count). The van der Waals surface area contributed by atoms with Crippen LogP contribution >= 0.6 is 0 Å². The summed E-state index contributed by atoms with van der Waals surface area (Å²) in [6.07, 6.45) is 4.64. The molecule has 0 radical (unpaired) electrons. The number of aromatic hydroxyl groups is 1.